The van der Waals surface area contributed by atoms with Crippen LogP contribution in [0.25, 0.3) is 0 Å². The lowest BCUT2D eigenvalue weighted by Gasteiger charge is -2.33. The first-order chi connectivity index (χ1) is 9.02. The number of hydrogen-bond donors (Lipinski definition) is 1. The van der Waals surface area contributed by atoms with Crippen molar-refractivity contribution in [3.63, 3.8) is 0 Å². The summed E-state index contributed by atoms with van der Waals surface area (Å²) < 4.78 is 0. The lowest BCUT2D eigenvalue weighted by atomic mass is 10.0. The van der Waals surface area contributed by atoms with Crippen LogP contribution in [0.5, 0.6) is 0 Å². The fourth-order valence-electron chi connectivity index (χ4n) is 2.49. The summed E-state index contributed by atoms with van der Waals surface area (Å²) in [7, 11) is 0. The van der Waals surface area contributed by atoms with E-state index in [1.165, 1.54) is 18.2 Å². The summed E-state index contributed by atoms with van der Waals surface area (Å²) >= 11 is 0. The van der Waals surface area contributed by atoms with Crippen LogP contribution in [0.15, 0.2) is 18.2 Å². The predicted octanol–water partition coefficient (Wildman–Crippen LogP) is 2.19. The number of nitrogens with zero attached hydrogens (tertiary/aromatic N) is 2. The fraction of sp³-hybridized carbons (Fsp3) is 0.462. The van der Waals surface area contributed by atoms with E-state index in [4.69, 9.17) is 5.73 Å². The van der Waals surface area contributed by atoms with Gasteiger partial charge in [0.25, 0.3) is 11.6 Å². The molecule has 0 aromatic heterocycles. The number of nitro benzene ring substituents is 1. The van der Waals surface area contributed by atoms with Crippen LogP contribution >= 0.6 is 0 Å². The van der Waals surface area contributed by atoms with Crippen LogP contribution in [-0.4, -0.2) is 28.3 Å². The maximum absolute atomic E-state index is 12.5. The molecule has 1 amide bonds. The second kappa shape index (κ2) is 5.26. The zero-order valence-corrected chi connectivity index (χ0v) is 10.8. The van der Waals surface area contributed by atoms with Crippen molar-refractivity contribution in [1.29, 1.82) is 0 Å². The highest BCUT2D eigenvalue weighted by atomic mass is 16.6. The van der Waals surface area contributed by atoms with Crippen LogP contribution in [-0.2, 0) is 0 Å². The molecule has 6 heteroatoms. The molecular formula is C13H17N3O3. The Kier molecular flexibility index (Phi) is 3.69. The molecule has 102 valence electrons. The Balaban J connectivity index is 2.40. The van der Waals surface area contributed by atoms with Crippen LogP contribution in [0.3, 0.4) is 0 Å². The highest BCUT2D eigenvalue weighted by Crippen LogP contribution is 2.28. The molecule has 6 nitrogen and oxygen atoms in total. The van der Waals surface area contributed by atoms with E-state index in [1.807, 2.05) is 6.92 Å². The van der Waals surface area contributed by atoms with Gasteiger partial charge in [-0.15, -0.1) is 0 Å². The quantitative estimate of drug-likeness (QED) is 0.503. The minimum atomic E-state index is -0.557. The Hall–Kier alpha value is -2.11. The molecule has 0 radical (unpaired) electrons. The highest BCUT2D eigenvalue weighted by molar-refractivity contribution is 6.03. The Morgan fingerprint density at radius 1 is 1.47 bits per heavy atom. The van der Waals surface area contributed by atoms with Crippen molar-refractivity contribution in [2.75, 3.05) is 12.3 Å². The Morgan fingerprint density at radius 3 is 2.84 bits per heavy atom. The fourth-order valence-corrected chi connectivity index (χ4v) is 2.49. The second-order valence-electron chi connectivity index (χ2n) is 4.84. The predicted molar refractivity (Wildman–Crippen MR) is 71.9 cm³/mol. The van der Waals surface area contributed by atoms with Gasteiger partial charge >= 0.3 is 0 Å². The zero-order chi connectivity index (χ0) is 14.0. The van der Waals surface area contributed by atoms with Crippen molar-refractivity contribution in [3.8, 4) is 0 Å². The maximum Gasteiger partial charge on any atom is 0.284 e. The topological polar surface area (TPSA) is 89.5 Å². The van der Waals surface area contributed by atoms with Gasteiger partial charge in [0.15, 0.2) is 0 Å². The summed E-state index contributed by atoms with van der Waals surface area (Å²) in [5.74, 6) is -0.336. The van der Waals surface area contributed by atoms with Gasteiger partial charge in [0.1, 0.15) is 5.56 Å². The van der Waals surface area contributed by atoms with Crippen molar-refractivity contribution in [3.05, 3.63) is 33.9 Å². The number of piperidine rings is 1. The Labute approximate surface area is 111 Å². The maximum atomic E-state index is 12.5. The van der Waals surface area contributed by atoms with Crippen molar-refractivity contribution in [2.24, 2.45) is 0 Å². The molecule has 0 saturated carbocycles. The molecule has 0 bridgehead atoms. The van der Waals surface area contributed by atoms with Crippen molar-refractivity contribution >= 4 is 17.3 Å². The number of rotatable bonds is 2. The van der Waals surface area contributed by atoms with Gasteiger partial charge in [-0.3, -0.25) is 14.9 Å². The van der Waals surface area contributed by atoms with Gasteiger partial charge in [-0.2, -0.15) is 0 Å². The number of benzene rings is 1. The number of likely N-dealkylation sites (tertiary alicyclic amines) is 1. The van der Waals surface area contributed by atoms with E-state index in [9.17, 15) is 14.9 Å². The molecule has 1 heterocycles. The Morgan fingerprint density at radius 2 is 2.21 bits per heavy atom. The molecule has 19 heavy (non-hydrogen) atoms. The third-order valence-corrected chi connectivity index (χ3v) is 3.55. The number of nitrogen functional groups attached to an aromatic ring is 1. The SMILES string of the molecule is C[C@@H]1CCCCN1C(=O)c1c(N)cccc1[N+](=O)[O-]. The smallest absolute Gasteiger partial charge is 0.284 e. The van der Waals surface area contributed by atoms with E-state index in [2.05, 4.69) is 0 Å². The summed E-state index contributed by atoms with van der Waals surface area (Å²) in [6, 6.07) is 4.43. The lowest BCUT2D eigenvalue weighted by molar-refractivity contribution is -0.385. The molecule has 1 aromatic rings. The first-order valence-corrected chi connectivity index (χ1v) is 6.36. The van der Waals surface area contributed by atoms with E-state index < -0.39 is 4.92 Å². The van der Waals surface area contributed by atoms with Crippen LogP contribution < -0.4 is 5.73 Å². The van der Waals surface area contributed by atoms with Gasteiger partial charge in [0.2, 0.25) is 0 Å². The summed E-state index contributed by atoms with van der Waals surface area (Å²) in [5.41, 5.74) is 5.72. The average Bonchev–Trinajstić information content (AvgIpc) is 2.38. The molecule has 1 aromatic carbocycles. The number of nitro groups is 1. The van der Waals surface area contributed by atoms with E-state index in [0.717, 1.165) is 19.3 Å². The average molecular weight is 263 g/mol. The van der Waals surface area contributed by atoms with Crippen molar-refractivity contribution in [1.82, 2.24) is 4.90 Å². The number of nitrogens with two attached hydrogens (primary N) is 1. The van der Waals surface area contributed by atoms with Gasteiger partial charge in [0, 0.05) is 18.7 Å². The summed E-state index contributed by atoms with van der Waals surface area (Å²) in [6.45, 7) is 2.59. The summed E-state index contributed by atoms with van der Waals surface area (Å²) in [6.07, 6.45) is 2.93. The monoisotopic (exact) mass is 263 g/mol. The molecular weight excluding hydrogens is 246 g/mol. The number of carbonyl (C=O) groups is 1. The van der Waals surface area contributed by atoms with Crippen LogP contribution in [0, 0.1) is 10.1 Å². The van der Waals surface area contributed by atoms with Crippen LogP contribution in [0.2, 0.25) is 0 Å². The molecule has 1 aliphatic rings. The van der Waals surface area contributed by atoms with Crippen LogP contribution in [0.1, 0.15) is 36.5 Å². The van der Waals surface area contributed by atoms with Crippen molar-refractivity contribution < 1.29 is 9.72 Å². The first kappa shape index (κ1) is 13.3. The number of anilines is 1. The van der Waals surface area contributed by atoms with E-state index in [0.29, 0.717) is 6.54 Å². The number of amides is 1. The molecule has 1 saturated heterocycles. The minimum absolute atomic E-state index is 0.0150. The number of hydrogen-bond acceptors (Lipinski definition) is 4. The molecule has 1 aliphatic heterocycles. The standard InChI is InChI=1S/C13H17N3O3/c1-9-5-2-3-8-15(9)13(17)12-10(14)6-4-7-11(12)16(18)19/h4,6-7,9H,2-3,5,8,14H2,1H3/t9-/m1/s1. The number of carbonyl (C=O) groups excluding carboxylic acids is 1. The van der Waals surface area contributed by atoms with Gasteiger partial charge in [0.05, 0.1) is 10.6 Å². The summed E-state index contributed by atoms with van der Waals surface area (Å²) in [4.78, 5) is 24.6. The van der Waals surface area contributed by atoms with Crippen LogP contribution in [0.4, 0.5) is 11.4 Å². The highest BCUT2D eigenvalue weighted by Gasteiger charge is 2.30. The van der Waals surface area contributed by atoms with E-state index in [-0.39, 0.29) is 28.9 Å². The molecule has 0 spiro atoms. The second-order valence-corrected chi connectivity index (χ2v) is 4.84. The largest absolute Gasteiger partial charge is 0.398 e. The normalized spacial score (nSPS) is 19.2. The van der Waals surface area contributed by atoms with Crippen molar-refractivity contribution in [2.45, 2.75) is 32.2 Å². The Bertz CT molecular complexity index is 516. The third kappa shape index (κ3) is 2.52. The van der Waals surface area contributed by atoms with Gasteiger partial charge in [-0.05, 0) is 32.3 Å². The van der Waals surface area contributed by atoms with E-state index >= 15 is 0 Å². The summed E-state index contributed by atoms with van der Waals surface area (Å²) in [5, 5.41) is 11.0. The lowest BCUT2D eigenvalue weighted by Crippen LogP contribution is -2.42. The molecule has 1 fully saturated rings. The van der Waals surface area contributed by atoms with Gasteiger partial charge in [-0.1, -0.05) is 6.07 Å². The van der Waals surface area contributed by atoms with E-state index in [1.54, 1.807) is 4.90 Å². The molecule has 0 aliphatic carbocycles. The zero-order valence-electron chi connectivity index (χ0n) is 10.8. The van der Waals surface area contributed by atoms with Gasteiger partial charge < -0.3 is 10.6 Å². The minimum Gasteiger partial charge on any atom is -0.398 e. The third-order valence-electron chi connectivity index (χ3n) is 3.55. The molecule has 1 atom stereocenters. The molecule has 2 rings (SSSR count). The molecule has 0 unspecified atom stereocenters. The first-order valence-electron chi connectivity index (χ1n) is 6.36. The molecule has 2 N–H and O–H groups in total. The van der Waals surface area contributed by atoms with Gasteiger partial charge in [-0.25, -0.2) is 0 Å².